The van der Waals surface area contributed by atoms with Crippen molar-refractivity contribution in [2.24, 2.45) is 0 Å². The molecule has 0 aromatic heterocycles. The van der Waals surface area contributed by atoms with E-state index in [4.69, 9.17) is 4.55 Å². The Kier molecular flexibility index (Phi) is 3.18. The molecule has 5 nitrogen and oxygen atoms in total. The Morgan fingerprint density at radius 1 is 1.56 bits per heavy atom. The summed E-state index contributed by atoms with van der Waals surface area (Å²) >= 11 is 0. The predicted octanol–water partition coefficient (Wildman–Crippen LogP) is -1.04. The highest BCUT2D eigenvalue weighted by molar-refractivity contribution is 7.85. The maximum absolute atomic E-state index is 9.85. The van der Waals surface area contributed by atoms with Gasteiger partial charge in [-0.3, -0.25) is 4.55 Å². The molecule has 0 atom stereocenters. The highest BCUT2D eigenvalue weighted by Gasteiger charge is 2.02. The fourth-order valence-electron chi connectivity index (χ4n) is 0.189. The van der Waals surface area contributed by atoms with Crippen LogP contribution in [0.3, 0.4) is 0 Å². The van der Waals surface area contributed by atoms with Crippen molar-refractivity contribution < 1.29 is 22.5 Å². The van der Waals surface area contributed by atoms with E-state index in [1.807, 2.05) is 0 Å². The molecule has 0 aliphatic heterocycles. The van der Waals surface area contributed by atoms with Gasteiger partial charge in [-0.2, -0.15) is 8.42 Å². The first kappa shape index (κ1) is 8.38. The smallest absolute Gasteiger partial charge is 0.417 e. The molecule has 1 N–H and O–H groups in total. The molecular formula is C3H5O5S. The molecule has 0 rings (SSSR count). The number of hydrogen-bond acceptors (Lipinski definition) is 4. The molecule has 0 saturated carbocycles. The topological polar surface area (TPSA) is 80.7 Å². The summed E-state index contributed by atoms with van der Waals surface area (Å²) in [6, 6.07) is 0. The zero-order chi connectivity index (χ0) is 7.33. The predicted molar refractivity (Wildman–Crippen MR) is 28.1 cm³/mol. The van der Waals surface area contributed by atoms with Crippen LogP contribution in [0.4, 0.5) is 0 Å². The van der Waals surface area contributed by atoms with Crippen LogP contribution in [0.15, 0.2) is 0 Å². The first-order valence-corrected chi connectivity index (χ1v) is 3.61. The van der Waals surface area contributed by atoms with Gasteiger partial charge in [-0.25, -0.2) is 4.79 Å². The van der Waals surface area contributed by atoms with Gasteiger partial charge in [-0.05, 0) is 0 Å². The minimum absolute atomic E-state index is 0.359. The molecule has 0 spiro atoms. The van der Waals surface area contributed by atoms with E-state index >= 15 is 0 Å². The van der Waals surface area contributed by atoms with Gasteiger partial charge in [0.15, 0.2) is 0 Å². The lowest BCUT2D eigenvalue weighted by molar-refractivity contribution is 0.294. The van der Waals surface area contributed by atoms with Crippen molar-refractivity contribution >= 4 is 16.6 Å². The SMILES string of the molecule is O=[C]OCCS(=O)(=O)O. The van der Waals surface area contributed by atoms with Gasteiger partial charge in [0.05, 0.1) is 0 Å². The van der Waals surface area contributed by atoms with Crippen molar-refractivity contribution in [3.8, 4) is 0 Å². The Labute approximate surface area is 52.4 Å². The summed E-state index contributed by atoms with van der Waals surface area (Å²) in [5.74, 6) is -0.581. The third kappa shape index (κ3) is 7.38. The molecule has 0 amide bonds. The lowest BCUT2D eigenvalue weighted by Crippen LogP contribution is -2.09. The van der Waals surface area contributed by atoms with Crippen LogP contribution in [0.25, 0.3) is 0 Å². The van der Waals surface area contributed by atoms with Crippen molar-refractivity contribution in [3.05, 3.63) is 0 Å². The highest BCUT2D eigenvalue weighted by Crippen LogP contribution is 1.80. The molecule has 0 unspecified atom stereocenters. The van der Waals surface area contributed by atoms with Crippen molar-refractivity contribution in [2.45, 2.75) is 0 Å². The van der Waals surface area contributed by atoms with Crippen LogP contribution < -0.4 is 0 Å². The van der Waals surface area contributed by atoms with E-state index < -0.39 is 15.9 Å². The van der Waals surface area contributed by atoms with Crippen LogP contribution in [0, 0.1) is 0 Å². The van der Waals surface area contributed by atoms with Crippen molar-refractivity contribution in [1.82, 2.24) is 0 Å². The lowest BCUT2D eigenvalue weighted by Gasteiger charge is -1.91. The monoisotopic (exact) mass is 153 g/mol. The summed E-state index contributed by atoms with van der Waals surface area (Å²) in [6.07, 6.45) is 0. The minimum atomic E-state index is -4.00. The zero-order valence-electron chi connectivity index (χ0n) is 4.40. The summed E-state index contributed by atoms with van der Waals surface area (Å²) in [5, 5.41) is 0. The summed E-state index contributed by atoms with van der Waals surface area (Å²) < 4.78 is 31.6. The van der Waals surface area contributed by atoms with Gasteiger partial charge in [0, 0.05) is 0 Å². The van der Waals surface area contributed by atoms with Crippen molar-refractivity contribution in [2.75, 3.05) is 12.4 Å². The molecule has 9 heavy (non-hydrogen) atoms. The fraction of sp³-hybridized carbons (Fsp3) is 0.667. The van der Waals surface area contributed by atoms with Crippen LogP contribution in [-0.2, 0) is 19.6 Å². The molecule has 1 radical (unpaired) electrons. The molecule has 0 aromatic carbocycles. The van der Waals surface area contributed by atoms with E-state index in [0.29, 0.717) is 0 Å². The Bertz CT molecular complexity index is 169. The van der Waals surface area contributed by atoms with Gasteiger partial charge < -0.3 is 4.74 Å². The van der Waals surface area contributed by atoms with Gasteiger partial charge in [0.2, 0.25) is 0 Å². The quantitative estimate of drug-likeness (QED) is 0.412. The van der Waals surface area contributed by atoms with Gasteiger partial charge >= 0.3 is 6.47 Å². The third-order valence-corrected chi connectivity index (χ3v) is 1.18. The molecule has 53 valence electrons. The van der Waals surface area contributed by atoms with E-state index in [-0.39, 0.29) is 6.61 Å². The van der Waals surface area contributed by atoms with Crippen molar-refractivity contribution in [3.63, 3.8) is 0 Å². The molecule has 0 aliphatic rings. The Hall–Kier alpha value is -0.620. The normalized spacial score (nSPS) is 10.8. The fourth-order valence-corrected chi connectivity index (χ4v) is 0.483. The maximum atomic E-state index is 9.85. The third-order valence-electron chi connectivity index (χ3n) is 0.502. The number of rotatable bonds is 4. The molecule has 0 heterocycles. The molecule has 0 bridgehead atoms. The number of hydrogen-bond donors (Lipinski definition) is 1. The van der Waals surface area contributed by atoms with Gasteiger partial charge in [-0.1, -0.05) is 0 Å². The maximum Gasteiger partial charge on any atom is 0.417 e. The standard InChI is InChI=1S/C3H5O5S/c4-3-8-1-2-9(5,6)7/h1-2H2,(H,5,6,7). The lowest BCUT2D eigenvalue weighted by atomic mass is 10.9. The average Bonchev–Trinajstić information content (AvgIpc) is 1.63. The zero-order valence-corrected chi connectivity index (χ0v) is 5.22. The Morgan fingerprint density at radius 2 is 2.11 bits per heavy atom. The van der Waals surface area contributed by atoms with E-state index in [2.05, 4.69) is 4.74 Å². The average molecular weight is 153 g/mol. The van der Waals surface area contributed by atoms with E-state index in [1.165, 1.54) is 0 Å². The Morgan fingerprint density at radius 3 is 2.44 bits per heavy atom. The van der Waals surface area contributed by atoms with E-state index in [9.17, 15) is 13.2 Å². The largest absolute Gasteiger partial charge is 0.456 e. The molecule has 0 fully saturated rings. The van der Waals surface area contributed by atoms with Crippen LogP contribution in [0.5, 0.6) is 0 Å². The van der Waals surface area contributed by atoms with Gasteiger partial charge in [0.1, 0.15) is 12.4 Å². The molecule has 0 saturated heterocycles. The summed E-state index contributed by atoms with van der Waals surface area (Å²) in [5.41, 5.74) is 0. The second kappa shape index (κ2) is 3.41. The van der Waals surface area contributed by atoms with E-state index in [0.717, 1.165) is 6.47 Å². The minimum Gasteiger partial charge on any atom is -0.456 e. The summed E-state index contributed by atoms with van der Waals surface area (Å²) in [6.45, 7) is 0.656. The van der Waals surface area contributed by atoms with Crippen LogP contribution in [-0.4, -0.2) is 31.8 Å². The van der Waals surface area contributed by atoms with Gasteiger partial charge in [0.25, 0.3) is 10.1 Å². The molecule has 0 aromatic rings. The number of carbonyl (C=O) groups excluding carboxylic acids is 1. The molecular weight excluding hydrogens is 148 g/mol. The first-order valence-electron chi connectivity index (χ1n) is 2.00. The second-order valence-electron chi connectivity index (χ2n) is 1.22. The molecule has 0 aliphatic carbocycles. The highest BCUT2D eigenvalue weighted by atomic mass is 32.2. The molecule has 6 heteroatoms. The van der Waals surface area contributed by atoms with Crippen molar-refractivity contribution in [1.29, 1.82) is 0 Å². The second-order valence-corrected chi connectivity index (χ2v) is 2.79. The van der Waals surface area contributed by atoms with E-state index in [1.54, 1.807) is 0 Å². The van der Waals surface area contributed by atoms with Crippen LogP contribution in [0.1, 0.15) is 0 Å². The summed E-state index contributed by atoms with van der Waals surface area (Å²) in [7, 11) is -4.00. The van der Waals surface area contributed by atoms with Crippen LogP contribution >= 0.6 is 0 Å². The van der Waals surface area contributed by atoms with Gasteiger partial charge in [-0.15, -0.1) is 0 Å². The summed E-state index contributed by atoms with van der Waals surface area (Å²) in [4.78, 5) is 9.27. The Balaban J connectivity index is 3.40. The first-order chi connectivity index (χ1) is 4.06. The van der Waals surface area contributed by atoms with Crippen LogP contribution in [0.2, 0.25) is 0 Å². The number of ether oxygens (including phenoxy) is 1.